The average molecular weight is 531 g/mol. The minimum atomic E-state index is -2.59. The predicted molar refractivity (Wildman–Crippen MR) is 141 cm³/mol. The minimum absolute atomic E-state index is 0.0444. The highest BCUT2D eigenvalue weighted by atomic mass is 19.3. The van der Waals surface area contributed by atoms with Gasteiger partial charge in [-0.25, -0.2) is 8.78 Å². The van der Waals surface area contributed by atoms with Crippen LogP contribution in [0.3, 0.4) is 0 Å². The van der Waals surface area contributed by atoms with Gasteiger partial charge in [-0.2, -0.15) is 5.10 Å². The summed E-state index contributed by atoms with van der Waals surface area (Å²) in [4.78, 5) is 31.2. The first-order valence-electron chi connectivity index (χ1n) is 13.6. The zero-order valence-electron chi connectivity index (χ0n) is 22.1. The van der Waals surface area contributed by atoms with Gasteiger partial charge in [0.2, 0.25) is 5.92 Å². The molecule has 8 nitrogen and oxygen atoms in total. The number of hydrogen-bond donors (Lipinski definition) is 1. The molecule has 1 aromatic carbocycles. The summed E-state index contributed by atoms with van der Waals surface area (Å²) in [6, 6.07) is 3.69. The number of aryl methyl sites for hydroxylation is 1. The highest BCUT2D eigenvalue weighted by Crippen LogP contribution is 2.37. The van der Waals surface area contributed by atoms with E-state index in [1.54, 1.807) is 4.68 Å². The first-order valence-corrected chi connectivity index (χ1v) is 13.6. The molecule has 0 atom stereocenters. The third kappa shape index (κ3) is 5.61. The van der Waals surface area contributed by atoms with Crippen LogP contribution in [0.5, 0.6) is 0 Å². The van der Waals surface area contributed by atoms with Crippen molar-refractivity contribution in [2.75, 3.05) is 32.9 Å². The van der Waals surface area contributed by atoms with Gasteiger partial charge in [0.05, 0.1) is 41.9 Å². The van der Waals surface area contributed by atoms with Crippen molar-refractivity contribution in [3.05, 3.63) is 39.8 Å². The molecular formula is C28H36F2N4O4. The van der Waals surface area contributed by atoms with E-state index in [2.05, 4.69) is 10.1 Å². The van der Waals surface area contributed by atoms with E-state index in [1.165, 1.54) is 6.20 Å². The van der Waals surface area contributed by atoms with Crippen LogP contribution in [0.2, 0.25) is 0 Å². The molecule has 3 heterocycles. The molecule has 3 aromatic rings. The van der Waals surface area contributed by atoms with Crippen LogP contribution in [-0.4, -0.2) is 70.5 Å². The van der Waals surface area contributed by atoms with E-state index >= 15 is 0 Å². The Labute approximate surface area is 220 Å². The van der Waals surface area contributed by atoms with Gasteiger partial charge in [-0.3, -0.25) is 14.3 Å². The SMILES string of the molecule is CCOCCOC1CCN(C(=O)c2cc3c(cc2C)[nH]c(=O)c2cnn(CC4CCC(F)(F)CC4)c23)CC1. The fraction of sp³-hybridized carbons (Fsp3) is 0.607. The van der Waals surface area contributed by atoms with Gasteiger partial charge < -0.3 is 19.4 Å². The summed E-state index contributed by atoms with van der Waals surface area (Å²) in [7, 11) is 0. The number of alkyl halides is 2. The molecule has 38 heavy (non-hydrogen) atoms. The molecule has 2 aromatic heterocycles. The summed E-state index contributed by atoms with van der Waals surface area (Å²) in [5.41, 5.74) is 2.41. The van der Waals surface area contributed by atoms with Crippen LogP contribution >= 0.6 is 0 Å². The summed E-state index contributed by atoms with van der Waals surface area (Å²) < 4.78 is 40.3. The van der Waals surface area contributed by atoms with E-state index < -0.39 is 5.92 Å². The standard InChI is InChI=1S/C28H36F2N4O4/c1-3-37-12-13-38-20-6-10-33(11-7-20)27(36)21-15-22-24(14-18(21)2)32-26(35)23-16-31-34(25(22)23)17-19-4-8-28(29,30)9-5-19/h14-16,19-20H,3-13,17H2,1-2H3,(H,32,35). The number of aromatic amines is 1. The van der Waals surface area contributed by atoms with Gasteiger partial charge in [0.15, 0.2) is 0 Å². The van der Waals surface area contributed by atoms with Crippen LogP contribution in [0.15, 0.2) is 23.1 Å². The van der Waals surface area contributed by atoms with E-state index in [0.717, 1.165) is 23.8 Å². The number of benzene rings is 1. The summed E-state index contributed by atoms with van der Waals surface area (Å²) in [5.74, 6) is -2.57. The van der Waals surface area contributed by atoms with Crippen molar-refractivity contribution in [2.24, 2.45) is 5.92 Å². The average Bonchev–Trinajstić information content (AvgIpc) is 3.32. The molecule has 1 saturated heterocycles. The van der Waals surface area contributed by atoms with Crippen molar-refractivity contribution in [2.45, 2.75) is 70.9 Å². The first kappa shape index (κ1) is 26.7. The van der Waals surface area contributed by atoms with Gasteiger partial charge >= 0.3 is 0 Å². The van der Waals surface area contributed by atoms with E-state index in [-0.39, 0.29) is 36.3 Å². The molecule has 0 radical (unpaired) electrons. The molecule has 1 N–H and O–H groups in total. The highest BCUT2D eigenvalue weighted by Gasteiger charge is 2.35. The summed E-state index contributed by atoms with van der Waals surface area (Å²) in [6.45, 7) is 7.32. The van der Waals surface area contributed by atoms with Gasteiger partial charge in [-0.05, 0) is 63.1 Å². The van der Waals surface area contributed by atoms with Crippen LogP contribution in [0, 0.1) is 12.8 Å². The van der Waals surface area contributed by atoms with Gasteiger partial charge in [0.25, 0.3) is 11.5 Å². The van der Waals surface area contributed by atoms with E-state index in [1.807, 2.05) is 30.9 Å². The van der Waals surface area contributed by atoms with Crippen molar-refractivity contribution in [3.63, 3.8) is 0 Å². The number of amides is 1. The number of rotatable bonds is 8. The highest BCUT2D eigenvalue weighted by molar-refractivity contribution is 6.07. The summed E-state index contributed by atoms with van der Waals surface area (Å²) >= 11 is 0. The molecule has 2 aliphatic rings. The maximum absolute atomic E-state index is 13.7. The number of nitrogens with zero attached hydrogens (tertiary/aromatic N) is 3. The van der Waals surface area contributed by atoms with Crippen LogP contribution in [-0.2, 0) is 16.0 Å². The van der Waals surface area contributed by atoms with Crippen molar-refractivity contribution in [3.8, 4) is 0 Å². The normalized spacial score (nSPS) is 19.0. The molecule has 1 saturated carbocycles. The Morgan fingerprint density at radius 3 is 2.58 bits per heavy atom. The zero-order chi connectivity index (χ0) is 26.9. The number of hydrogen-bond acceptors (Lipinski definition) is 5. The monoisotopic (exact) mass is 530 g/mol. The minimum Gasteiger partial charge on any atom is -0.379 e. The zero-order valence-corrected chi connectivity index (χ0v) is 22.1. The Morgan fingerprint density at radius 2 is 1.87 bits per heavy atom. The molecular weight excluding hydrogens is 494 g/mol. The molecule has 0 bridgehead atoms. The number of likely N-dealkylation sites (tertiary alicyclic amines) is 1. The van der Waals surface area contributed by atoms with Crippen molar-refractivity contribution >= 4 is 27.7 Å². The third-order valence-electron chi connectivity index (χ3n) is 7.96. The van der Waals surface area contributed by atoms with Crippen LogP contribution in [0.1, 0.15) is 61.4 Å². The van der Waals surface area contributed by atoms with Gasteiger partial charge in [0.1, 0.15) is 0 Å². The van der Waals surface area contributed by atoms with E-state index in [0.29, 0.717) is 74.3 Å². The second-order valence-corrected chi connectivity index (χ2v) is 10.6. The Bertz CT molecular complexity index is 1350. The fourth-order valence-corrected chi connectivity index (χ4v) is 5.74. The lowest BCUT2D eigenvalue weighted by Gasteiger charge is -2.32. The topological polar surface area (TPSA) is 89.4 Å². The number of fused-ring (bicyclic) bond motifs is 3. The number of carbonyl (C=O) groups is 1. The summed E-state index contributed by atoms with van der Waals surface area (Å²) in [5, 5.41) is 5.63. The number of carbonyl (C=O) groups excluding carboxylic acids is 1. The Hall–Kier alpha value is -2.85. The molecule has 2 fully saturated rings. The smallest absolute Gasteiger partial charge is 0.259 e. The molecule has 1 aliphatic heterocycles. The van der Waals surface area contributed by atoms with Crippen molar-refractivity contribution < 1.29 is 23.0 Å². The molecule has 206 valence electrons. The van der Waals surface area contributed by atoms with Crippen LogP contribution in [0.4, 0.5) is 8.78 Å². The Morgan fingerprint density at radius 1 is 1.13 bits per heavy atom. The summed E-state index contributed by atoms with van der Waals surface area (Å²) in [6.07, 6.45) is 3.80. The maximum atomic E-state index is 13.7. The van der Waals surface area contributed by atoms with Gasteiger partial charge in [-0.1, -0.05) is 0 Å². The molecule has 5 rings (SSSR count). The third-order valence-corrected chi connectivity index (χ3v) is 7.96. The van der Waals surface area contributed by atoms with E-state index in [4.69, 9.17) is 9.47 Å². The molecule has 0 spiro atoms. The number of piperidine rings is 1. The second-order valence-electron chi connectivity index (χ2n) is 10.6. The molecule has 1 amide bonds. The lowest BCUT2D eigenvalue weighted by molar-refractivity contribution is -0.0475. The number of aromatic nitrogens is 3. The number of ether oxygens (including phenoxy) is 2. The fourth-order valence-electron chi connectivity index (χ4n) is 5.74. The molecule has 1 aliphatic carbocycles. The second kappa shape index (κ2) is 11.1. The van der Waals surface area contributed by atoms with Gasteiger partial charge in [-0.15, -0.1) is 0 Å². The number of halogens is 2. The lowest BCUT2D eigenvalue weighted by atomic mass is 9.87. The maximum Gasteiger partial charge on any atom is 0.259 e. The van der Waals surface area contributed by atoms with Crippen molar-refractivity contribution in [1.82, 2.24) is 19.7 Å². The largest absolute Gasteiger partial charge is 0.379 e. The Balaban J connectivity index is 1.38. The molecule has 10 heteroatoms. The van der Waals surface area contributed by atoms with Crippen molar-refractivity contribution in [1.29, 1.82) is 0 Å². The number of nitrogens with one attached hydrogen (secondary N) is 1. The first-order chi connectivity index (χ1) is 18.3. The Kier molecular flexibility index (Phi) is 7.81. The predicted octanol–water partition coefficient (Wildman–Crippen LogP) is 4.67. The quantitative estimate of drug-likeness (QED) is 0.428. The van der Waals surface area contributed by atoms with Gasteiger partial charge in [0, 0.05) is 50.0 Å². The molecule has 0 unspecified atom stereocenters. The lowest BCUT2D eigenvalue weighted by Crippen LogP contribution is -2.41. The number of H-pyrrole nitrogens is 1. The van der Waals surface area contributed by atoms with E-state index in [9.17, 15) is 18.4 Å². The number of pyridine rings is 1. The van der Waals surface area contributed by atoms with Crippen LogP contribution in [0.25, 0.3) is 21.8 Å². The van der Waals surface area contributed by atoms with Crippen LogP contribution < -0.4 is 5.56 Å².